The number of fused-ring (bicyclic) bond motifs is 1. The van der Waals surface area contributed by atoms with Gasteiger partial charge in [-0.15, -0.1) is 0 Å². The average molecular weight is 551 g/mol. The number of amides is 1. The fourth-order valence-corrected chi connectivity index (χ4v) is 6.17. The zero-order chi connectivity index (χ0) is 26.6. The molecule has 0 spiro atoms. The number of pyridine rings is 1. The van der Waals surface area contributed by atoms with Gasteiger partial charge in [-0.3, -0.25) is 18.9 Å². The first kappa shape index (κ1) is 26.2. The summed E-state index contributed by atoms with van der Waals surface area (Å²) in [6.07, 6.45) is 9.54. The van der Waals surface area contributed by atoms with Gasteiger partial charge in [0, 0.05) is 18.8 Å². The van der Waals surface area contributed by atoms with Gasteiger partial charge in [0.1, 0.15) is 15.8 Å². The molecule has 2 aliphatic rings. The molecule has 3 heterocycles. The Balaban J connectivity index is 1.41. The zero-order valence-corrected chi connectivity index (χ0v) is 23.1. The van der Waals surface area contributed by atoms with Crippen molar-refractivity contribution >= 4 is 51.7 Å². The molecule has 5 rings (SSSR count). The molecule has 1 saturated carbocycles. The van der Waals surface area contributed by atoms with Crippen molar-refractivity contribution in [3.05, 3.63) is 69.0 Å². The van der Waals surface area contributed by atoms with Crippen molar-refractivity contribution in [3.8, 4) is 11.5 Å². The highest BCUT2D eigenvalue weighted by molar-refractivity contribution is 8.26. The molecule has 10 heteroatoms. The number of anilines is 1. The molecule has 1 aliphatic carbocycles. The number of hydrogen-bond donors (Lipinski definition) is 1. The molecule has 0 unspecified atom stereocenters. The lowest BCUT2D eigenvalue weighted by molar-refractivity contribution is -0.122. The normalized spacial score (nSPS) is 17.4. The minimum atomic E-state index is -0.218. The Morgan fingerprint density at radius 3 is 2.66 bits per heavy atom. The minimum Gasteiger partial charge on any atom is -0.493 e. The third-order valence-corrected chi connectivity index (χ3v) is 8.31. The van der Waals surface area contributed by atoms with Crippen LogP contribution in [0.2, 0.25) is 0 Å². The maximum absolute atomic E-state index is 13.5. The van der Waals surface area contributed by atoms with Gasteiger partial charge in [0.05, 0.1) is 24.7 Å². The lowest BCUT2D eigenvalue weighted by atomic mass is 9.95. The highest BCUT2D eigenvalue weighted by atomic mass is 32.2. The number of methoxy groups -OCH3 is 2. The van der Waals surface area contributed by atoms with Gasteiger partial charge in [0.25, 0.3) is 11.5 Å². The molecule has 1 saturated heterocycles. The summed E-state index contributed by atoms with van der Waals surface area (Å²) < 4.78 is 12.7. The van der Waals surface area contributed by atoms with Gasteiger partial charge in [-0.05, 0) is 55.2 Å². The Morgan fingerprint density at radius 2 is 1.89 bits per heavy atom. The van der Waals surface area contributed by atoms with E-state index in [-0.39, 0.29) is 17.5 Å². The van der Waals surface area contributed by atoms with E-state index in [9.17, 15) is 9.59 Å². The molecule has 0 bridgehead atoms. The summed E-state index contributed by atoms with van der Waals surface area (Å²) in [6.45, 7) is 0.416. The third-order valence-electron chi connectivity index (χ3n) is 6.94. The number of ether oxygens (including phenoxy) is 2. The Labute approximate surface area is 231 Å². The molecular weight excluding hydrogens is 520 g/mol. The lowest BCUT2D eigenvalue weighted by Gasteiger charge is -2.24. The second kappa shape index (κ2) is 11.6. The molecule has 2 fully saturated rings. The van der Waals surface area contributed by atoms with Crippen LogP contribution < -0.4 is 20.3 Å². The van der Waals surface area contributed by atoms with Crippen molar-refractivity contribution < 1.29 is 14.3 Å². The van der Waals surface area contributed by atoms with Crippen molar-refractivity contribution in [2.45, 2.75) is 44.6 Å². The van der Waals surface area contributed by atoms with Gasteiger partial charge in [-0.1, -0.05) is 55.4 Å². The summed E-state index contributed by atoms with van der Waals surface area (Å²) in [5.74, 6) is 1.60. The topological polar surface area (TPSA) is 85.2 Å². The number of hydrogen-bond acceptors (Lipinski definition) is 8. The number of aromatic nitrogens is 2. The van der Waals surface area contributed by atoms with Crippen molar-refractivity contribution in [3.63, 3.8) is 0 Å². The van der Waals surface area contributed by atoms with Crippen molar-refractivity contribution in [2.75, 3.05) is 26.1 Å². The van der Waals surface area contributed by atoms with Crippen LogP contribution in [-0.4, -0.2) is 51.3 Å². The molecular formula is C28H30N4O4S2. The predicted molar refractivity (Wildman–Crippen MR) is 155 cm³/mol. The van der Waals surface area contributed by atoms with Crippen molar-refractivity contribution in [1.29, 1.82) is 0 Å². The number of carbonyl (C=O) groups excluding carboxylic acids is 1. The number of thioether (sulfide) groups is 1. The van der Waals surface area contributed by atoms with E-state index in [1.165, 1.54) is 22.6 Å². The number of carbonyl (C=O) groups is 1. The van der Waals surface area contributed by atoms with Crippen LogP contribution in [0, 0.1) is 0 Å². The van der Waals surface area contributed by atoms with E-state index < -0.39 is 0 Å². The minimum absolute atomic E-state index is 0.207. The summed E-state index contributed by atoms with van der Waals surface area (Å²) in [7, 11) is 3.19. The Hall–Kier alpha value is -3.37. The molecule has 1 aliphatic heterocycles. The van der Waals surface area contributed by atoms with Gasteiger partial charge in [0.2, 0.25) is 0 Å². The molecule has 198 valence electrons. The summed E-state index contributed by atoms with van der Waals surface area (Å²) in [5.41, 5.74) is 1.72. The van der Waals surface area contributed by atoms with Gasteiger partial charge in [-0.25, -0.2) is 4.98 Å². The lowest BCUT2D eigenvalue weighted by Crippen LogP contribution is -2.30. The van der Waals surface area contributed by atoms with Crippen LogP contribution in [0.3, 0.4) is 0 Å². The highest BCUT2D eigenvalue weighted by Crippen LogP contribution is 2.34. The number of thiocarbonyl (C=S) groups is 1. The number of rotatable bonds is 8. The Morgan fingerprint density at radius 1 is 1.11 bits per heavy atom. The van der Waals surface area contributed by atoms with Crippen LogP contribution in [0.5, 0.6) is 11.5 Å². The average Bonchev–Trinajstić information content (AvgIpc) is 3.21. The highest BCUT2D eigenvalue weighted by Gasteiger charge is 2.32. The maximum Gasteiger partial charge on any atom is 0.267 e. The Kier molecular flexibility index (Phi) is 7.99. The quantitative estimate of drug-likeness (QED) is 0.313. The van der Waals surface area contributed by atoms with E-state index >= 15 is 0 Å². The first-order valence-electron chi connectivity index (χ1n) is 12.7. The molecule has 0 atom stereocenters. The van der Waals surface area contributed by atoms with E-state index in [1.807, 2.05) is 30.3 Å². The first-order chi connectivity index (χ1) is 18.5. The summed E-state index contributed by atoms with van der Waals surface area (Å²) >= 11 is 6.77. The molecule has 3 aromatic rings. The number of nitrogens with zero attached hydrogens (tertiary/aromatic N) is 3. The SMILES string of the molecule is COc1ccc(CCN2C(=O)C(=Cc3c(NC4CCCCC4)nc4ccccn4c3=O)SC2=S)cc1OC. The molecule has 0 radical (unpaired) electrons. The second-order valence-electron chi connectivity index (χ2n) is 9.36. The van der Waals surface area contributed by atoms with Crippen molar-refractivity contribution in [2.24, 2.45) is 0 Å². The van der Waals surface area contributed by atoms with E-state index in [2.05, 4.69) is 5.32 Å². The van der Waals surface area contributed by atoms with Crippen LogP contribution in [0.15, 0.2) is 52.3 Å². The fraction of sp³-hybridized carbons (Fsp3) is 0.357. The summed E-state index contributed by atoms with van der Waals surface area (Å²) in [6, 6.07) is 11.4. The zero-order valence-electron chi connectivity index (χ0n) is 21.4. The van der Waals surface area contributed by atoms with Gasteiger partial charge in [-0.2, -0.15) is 0 Å². The van der Waals surface area contributed by atoms with Gasteiger partial charge in [0.15, 0.2) is 11.5 Å². The standard InChI is InChI=1S/C28H30N4O4S2/c1-35-21-12-11-18(16-22(21)36-2)13-15-32-27(34)23(38-28(32)37)17-20-25(29-19-8-4-3-5-9-19)30-24-10-6-7-14-31(24)26(20)33/h6-7,10-12,14,16-17,19,29H,3-5,8-9,13,15H2,1-2H3. The maximum atomic E-state index is 13.5. The summed E-state index contributed by atoms with van der Waals surface area (Å²) in [5, 5.41) is 3.50. The molecule has 1 aromatic carbocycles. The van der Waals surface area contributed by atoms with Crippen LogP contribution in [-0.2, 0) is 11.2 Å². The molecule has 1 N–H and O–H groups in total. The monoisotopic (exact) mass is 550 g/mol. The molecule has 38 heavy (non-hydrogen) atoms. The number of nitrogens with one attached hydrogen (secondary N) is 1. The van der Waals surface area contributed by atoms with Crippen LogP contribution in [0.25, 0.3) is 11.7 Å². The largest absolute Gasteiger partial charge is 0.493 e. The van der Waals surface area contributed by atoms with E-state index in [0.29, 0.717) is 50.7 Å². The van der Waals surface area contributed by atoms with Crippen LogP contribution in [0.4, 0.5) is 5.82 Å². The van der Waals surface area contributed by atoms with Crippen molar-refractivity contribution in [1.82, 2.24) is 14.3 Å². The van der Waals surface area contributed by atoms with E-state index in [4.69, 9.17) is 26.7 Å². The Bertz CT molecular complexity index is 1460. The first-order valence-corrected chi connectivity index (χ1v) is 13.9. The smallest absolute Gasteiger partial charge is 0.267 e. The van der Waals surface area contributed by atoms with Gasteiger partial charge < -0.3 is 14.8 Å². The van der Waals surface area contributed by atoms with Crippen LogP contribution in [0.1, 0.15) is 43.2 Å². The van der Waals surface area contributed by atoms with E-state index in [0.717, 1.165) is 31.2 Å². The number of benzene rings is 1. The fourth-order valence-electron chi connectivity index (χ4n) is 4.88. The third kappa shape index (κ3) is 5.42. The van der Waals surface area contributed by atoms with Gasteiger partial charge >= 0.3 is 0 Å². The summed E-state index contributed by atoms with van der Waals surface area (Å²) in [4.78, 5) is 33.7. The predicted octanol–water partition coefficient (Wildman–Crippen LogP) is 4.90. The molecule has 1 amide bonds. The molecule has 2 aromatic heterocycles. The second-order valence-corrected chi connectivity index (χ2v) is 11.0. The van der Waals surface area contributed by atoms with E-state index in [1.54, 1.807) is 37.5 Å². The van der Waals surface area contributed by atoms with Crippen LogP contribution >= 0.6 is 24.0 Å². The molecule has 8 nitrogen and oxygen atoms in total.